The summed E-state index contributed by atoms with van der Waals surface area (Å²) < 4.78 is 7.02. The Balaban J connectivity index is 1.87. The summed E-state index contributed by atoms with van der Waals surface area (Å²) in [6.07, 6.45) is 6.30. The average Bonchev–Trinajstić information content (AvgIpc) is 3.21. The number of nitrogens with zero attached hydrogens (tertiary/aromatic N) is 4. The number of rotatable bonds is 6. The lowest BCUT2D eigenvalue weighted by molar-refractivity contribution is -0.380. The molecule has 0 aliphatic carbocycles. The van der Waals surface area contributed by atoms with E-state index in [0.717, 1.165) is 23.1 Å². The molecule has 0 unspecified atom stereocenters. The summed E-state index contributed by atoms with van der Waals surface area (Å²) in [4.78, 5) is 26.2. The number of terminal acetylenes is 1. The average molecular weight is 375 g/mol. The summed E-state index contributed by atoms with van der Waals surface area (Å²) in [6, 6.07) is 6.71. The van der Waals surface area contributed by atoms with Crippen molar-refractivity contribution in [1.82, 2.24) is 19.7 Å². The predicted octanol–water partition coefficient (Wildman–Crippen LogP) is 2.09. The molecule has 25 heavy (non-hydrogen) atoms. The van der Waals surface area contributed by atoms with Crippen molar-refractivity contribution in [2.24, 2.45) is 0 Å². The van der Waals surface area contributed by atoms with E-state index in [4.69, 9.17) is 11.2 Å². The molecule has 0 saturated carbocycles. The van der Waals surface area contributed by atoms with E-state index in [1.807, 2.05) is 0 Å². The van der Waals surface area contributed by atoms with Crippen molar-refractivity contribution in [2.75, 3.05) is 6.61 Å². The van der Waals surface area contributed by atoms with Gasteiger partial charge in [-0.05, 0) is 47.4 Å². The number of nitro groups is 1. The second kappa shape index (κ2) is 7.20. The zero-order valence-electron chi connectivity index (χ0n) is 12.4. The van der Waals surface area contributed by atoms with Gasteiger partial charge < -0.3 is 4.74 Å². The number of benzene rings is 1. The van der Waals surface area contributed by atoms with E-state index in [2.05, 4.69) is 21.1 Å². The van der Waals surface area contributed by atoms with Gasteiger partial charge in [-0.2, -0.15) is 0 Å². The first kappa shape index (κ1) is 16.7. The molecule has 0 spiro atoms. The lowest BCUT2D eigenvalue weighted by Crippen LogP contribution is -2.15. The molecule has 0 atom stereocenters. The molecule has 126 valence electrons. The highest BCUT2D eigenvalue weighted by Crippen LogP contribution is 2.33. The normalized spacial score (nSPS) is 10.4. The molecule has 0 fully saturated rings. The van der Waals surface area contributed by atoms with Crippen molar-refractivity contribution in [1.29, 1.82) is 0 Å². The minimum absolute atomic E-state index is 0.0815. The minimum atomic E-state index is -0.520. The first-order valence-electron chi connectivity index (χ1n) is 6.70. The van der Waals surface area contributed by atoms with Crippen molar-refractivity contribution in [3.05, 3.63) is 51.1 Å². The topological polar surface area (TPSA) is 116 Å². The number of aromatic nitrogens is 4. The first-order valence-corrected chi connectivity index (χ1v) is 8.34. The number of thiazole rings is 1. The largest absolute Gasteiger partial charge is 0.481 e. The molecule has 0 bridgehead atoms. The summed E-state index contributed by atoms with van der Waals surface area (Å²) in [7, 11) is 0. The van der Waals surface area contributed by atoms with Crippen molar-refractivity contribution in [2.45, 2.75) is 9.50 Å². The summed E-state index contributed by atoms with van der Waals surface area (Å²) >= 11 is 1.96. The fraction of sp³-hybridized carbons (Fsp3) is 0.0714. The van der Waals surface area contributed by atoms with E-state index in [-0.39, 0.29) is 11.6 Å². The van der Waals surface area contributed by atoms with Crippen LogP contribution in [-0.4, -0.2) is 31.3 Å². The Hall–Kier alpha value is -3.10. The molecule has 1 aromatic carbocycles. The van der Waals surface area contributed by atoms with Crippen molar-refractivity contribution in [3.8, 4) is 23.8 Å². The fourth-order valence-electron chi connectivity index (χ4n) is 1.85. The van der Waals surface area contributed by atoms with Gasteiger partial charge in [-0.1, -0.05) is 5.92 Å². The predicted molar refractivity (Wildman–Crippen MR) is 91.4 cm³/mol. The Bertz CT molecular complexity index is 999. The maximum Gasteiger partial charge on any atom is 0.348 e. The Kier molecular flexibility index (Phi) is 4.82. The molecule has 11 heteroatoms. The fourth-order valence-corrected chi connectivity index (χ4v) is 3.60. The molecule has 0 aliphatic rings. The molecule has 2 aromatic heterocycles. The highest BCUT2D eigenvalue weighted by Gasteiger charge is 2.17. The van der Waals surface area contributed by atoms with Crippen LogP contribution in [0, 0.1) is 22.5 Å². The standard InChI is InChI=1S/C14H9N5O4S2/c1-2-7-23-10-5-3-9(4-6-10)18-12(20)16-17-13(18)25-14-15-8-11(24-14)19(21)22/h1,3-6,8H,7H2,(H,16,20). The van der Waals surface area contributed by atoms with E-state index in [0.29, 0.717) is 20.9 Å². The van der Waals surface area contributed by atoms with Gasteiger partial charge in [0.1, 0.15) is 18.6 Å². The van der Waals surface area contributed by atoms with Crippen LogP contribution in [0.4, 0.5) is 5.00 Å². The maximum atomic E-state index is 12.0. The highest BCUT2D eigenvalue weighted by molar-refractivity contribution is 8.00. The molecule has 0 saturated heterocycles. The second-order valence-electron chi connectivity index (χ2n) is 4.46. The van der Waals surface area contributed by atoms with Crippen molar-refractivity contribution >= 4 is 28.1 Å². The van der Waals surface area contributed by atoms with E-state index in [1.165, 1.54) is 10.8 Å². The number of ether oxygens (including phenoxy) is 1. The summed E-state index contributed by atoms with van der Waals surface area (Å²) in [5.74, 6) is 2.94. The third-order valence-electron chi connectivity index (χ3n) is 2.89. The molecular weight excluding hydrogens is 366 g/mol. The molecule has 1 N–H and O–H groups in total. The van der Waals surface area contributed by atoms with Crippen LogP contribution in [-0.2, 0) is 0 Å². The number of hydrogen-bond donors (Lipinski definition) is 1. The van der Waals surface area contributed by atoms with Gasteiger partial charge >= 0.3 is 10.7 Å². The lowest BCUT2D eigenvalue weighted by atomic mass is 10.3. The Morgan fingerprint density at radius 3 is 2.84 bits per heavy atom. The van der Waals surface area contributed by atoms with Gasteiger partial charge in [0.05, 0.1) is 10.6 Å². The monoisotopic (exact) mass is 375 g/mol. The maximum absolute atomic E-state index is 12.0. The van der Waals surface area contributed by atoms with Gasteiger partial charge in [-0.15, -0.1) is 11.5 Å². The second-order valence-corrected chi connectivity index (χ2v) is 6.68. The van der Waals surface area contributed by atoms with Crippen LogP contribution in [0.2, 0.25) is 0 Å². The smallest absolute Gasteiger partial charge is 0.348 e. The van der Waals surface area contributed by atoms with Crippen LogP contribution in [0.3, 0.4) is 0 Å². The van der Waals surface area contributed by atoms with Crippen LogP contribution in [0.1, 0.15) is 0 Å². The first-order chi connectivity index (χ1) is 12.1. The quantitative estimate of drug-likeness (QED) is 0.398. The van der Waals surface area contributed by atoms with E-state index < -0.39 is 10.6 Å². The van der Waals surface area contributed by atoms with Gasteiger partial charge in [0.25, 0.3) is 0 Å². The molecule has 0 radical (unpaired) electrons. The summed E-state index contributed by atoms with van der Waals surface area (Å²) in [5, 5.41) is 17.3. The summed E-state index contributed by atoms with van der Waals surface area (Å²) in [6.45, 7) is 0.148. The third kappa shape index (κ3) is 3.70. The van der Waals surface area contributed by atoms with Gasteiger partial charge in [0, 0.05) is 0 Å². The summed E-state index contributed by atoms with van der Waals surface area (Å²) in [5.41, 5.74) is 0.117. The Morgan fingerprint density at radius 2 is 2.20 bits per heavy atom. The van der Waals surface area contributed by atoms with Gasteiger partial charge in [-0.25, -0.2) is 19.4 Å². The van der Waals surface area contributed by atoms with Crippen molar-refractivity contribution < 1.29 is 9.66 Å². The Morgan fingerprint density at radius 1 is 1.44 bits per heavy atom. The number of nitrogens with one attached hydrogen (secondary N) is 1. The number of hydrogen-bond acceptors (Lipinski definition) is 8. The van der Waals surface area contributed by atoms with Crippen LogP contribution >= 0.6 is 23.1 Å². The molecular formula is C14H9N5O4S2. The molecule has 0 amide bonds. The molecule has 2 heterocycles. The SMILES string of the molecule is C#CCOc1ccc(-n2c(Sc3ncc([N+](=O)[O-])s3)n[nH]c2=O)cc1. The lowest BCUT2D eigenvalue weighted by Gasteiger charge is -2.06. The van der Waals surface area contributed by atoms with Gasteiger partial charge in [0.2, 0.25) is 5.16 Å². The number of H-pyrrole nitrogens is 1. The van der Waals surface area contributed by atoms with Crippen molar-refractivity contribution in [3.63, 3.8) is 0 Å². The van der Waals surface area contributed by atoms with Gasteiger partial charge in [-0.3, -0.25) is 10.1 Å². The Labute approximate surface area is 148 Å². The zero-order chi connectivity index (χ0) is 17.8. The third-order valence-corrected chi connectivity index (χ3v) is 4.87. The molecule has 3 rings (SSSR count). The van der Waals surface area contributed by atoms with E-state index >= 15 is 0 Å². The minimum Gasteiger partial charge on any atom is -0.481 e. The van der Waals surface area contributed by atoms with E-state index in [9.17, 15) is 14.9 Å². The highest BCUT2D eigenvalue weighted by atomic mass is 32.2. The molecule has 0 aliphatic heterocycles. The van der Waals surface area contributed by atoms with Crippen LogP contribution in [0.15, 0.2) is 44.8 Å². The molecule has 3 aromatic rings. The van der Waals surface area contributed by atoms with Crippen LogP contribution in [0.25, 0.3) is 5.69 Å². The number of aromatic amines is 1. The van der Waals surface area contributed by atoms with Gasteiger partial charge in [0.15, 0.2) is 4.34 Å². The van der Waals surface area contributed by atoms with Crippen LogP contribution < -0.4 is 10.4 Å². The van der Waals surface area contributed by atoms with E-state index in [1.54, 1.807) is 24.3 Å². The van der Waals surface area contributed by atoms with Crippen LogP contribution in [0.5, 0.6) is 5.75 Å². The molecule has 9 nitrogen and oxygen atoms in total. The zero-order valence-corrected chi connectivity index (χ0v) is 14.0.